The summed E-state index contributed by atoms with van der Waals surface area (Å²) >= 11 is 0. The first-order chi connectivity index (χ1) is 9.43. The van der Waals surface area contributed by atoms with Crippen LogP contribution in [0.15, 0.2) is 42.5 Å². The van der Waals surface area contributed by atoms with Crippen molar-refractivity contribution in [2.75, 3.05) is 0 Å². The van der Waals surface area contributed by atoms with Gasteiger partial charge in [-0.2, -0.15) is 0 Å². The van der Waals surface area contributed by atoms with E-state index in [9.17, 15) is 5.11 Å². The highest BCUT2D eigenvalue weighted by Gasteiger charge is 2.20. The number of phenols is 1. The zero-order chi connectivity index (χ0) is 14.8. The van der Waals surface area contributed by atoms with Crippen molar-refractivity contribution in [3.05, 3.63) is 53.6 Å². The molecule has 1 N–H and O–H groups in total. The van der Waals surface area contributed by atoms with Crippen LogP contribution in [0.3, 0.4) is 0 Å². The lowest BCUT2D eigenvalue weighted by atomic mass is 9.79. The summed E-state index contributed by atoms with van der Waals surface area (Å²) in [7, 11) is 0. The van der Waals surface area contributed by atoms with E-state index < -0.39 is 0 Å². The number of hydrogen-bond donors (Lipinski definition) is 1. The van der Waals surface area contributed by atoms with Crippen LogP contribution in [0.25, 0.3) is 11.1 Å². The van der Waals surface area contributed by atoms with Crippen molar-refractivity contribution in [3.8, 4) is 16.9 Å². The zero-order valence-electron chi connectivity index (χ0n) is 12.9. The lowest BCUT2D eigenvalue weighted by Crippen LogP contribution is -2.14. The first-order valence-corrected chi connectivity index (χ1v) is 7.35. The van der Waals surface area contributed by atoms with Gasteiger partial charge in [-0.05, 0) is 46.2 Å². The van der Waals surface area contributed by atoms with Gasteiger partial charge in [-0.25, -0.2) is 0 Å². The average Bonchev–Trinajstić information content (AvgIpc) is 2.39. The Kier molecular flexibility index (Phi) is 4.17. The molecule has 1 nitrogen and oxygen atoms in total. The predicted molar refractivity (Wildman–Crippen MR) is 86.2 cm³/mol. The minimum Gasteiger partial charge on any atom is -0.508 e. The van der Waals surface area contributed by atoms with E-state index in [0.717, 1.165) is 12.8 Å². The number of aromatic hydroxyl groups is 1. The van der Waals surface area contributed by atoms with Crippen molar-refractivity contribution in [1.29, 1.82) is 0 Å². The predicted octanol–water partition coefficient (Wildman–Crippen LogP) is 5.31. The van der Waals surface area contributed by atoms with Crippen LogP contribution < -0.4 is 0 Å². The highest BCUT2D eigenvalue weighted by Crippen LogP contribution is 2.36. The van der Waals surface area contributed by atoms with E-state index in [0.29, 0.717) is 5.75 Å². The highest BCUT2D eigenvalue weighted by atomic mass is 16.3. The standard InChI is InChI=1S/C19H24O/c1-5-7-14-8-6-9-17(19(2,3)4)18(14)15-10-12-16(20)13-11-15/h6,8-13,20H,5,7H2,1-4H3. The number of hydrogen-bond acceptors (Lipinski definition) is 1. The van der Waals surface area contributed by atoms with E-state index in [1.807, 2.05) is 12.1 Å². The molecule has 0 amide bonds. The fourth-order valence-electron chi connectivity index (χ4n) is 2.67. The van der Waals surface area contributed by atoms with Crippen LogP contribution in [0.4, 0.5) is 0 Å². The molecule has 0 spiro atoms. The van der Waals surface area contributed by atoms with Crippen LogP contribution in [-0.4, -0.2) is 5.11 Å². The van der Waals surface area contributed by atoms with Crippen molar-refractivity contribution in [3.63, 3.8) is 0 Å². The number of rotatable bonds is 3. The largest absolute Gasteiger partial charge is 0.508 e. The second kappa shape index (κ2) is 5.70. The van der Waals surface area contributed by atoms with Gasteiger partial charge >= 0.3 is 0 Å². The van der Waals surface area contributed by atoms with Gasteiger partial charge in [0, 0.05) is 0 Å². The number of phenolic OH excluding ortho intramolecular Hbond substituents is 1. The molecule has 0 atom stereocenters. The van der Waals surface area contributed by atoms with Crippen LogP contribution in [0.1, 0.15) is 45.2 Å². The average molecular weight is 268 g/mol. The summed E-state index contributed by atoms with van der Waals surface area (Å²) in [5, 5.41) is 9.51. The minimum absolute atomic E-state index is 0.108. The monoisotopic (exact) mass is 268 g/mol. The number of aryl methyl sites for hydroxylation is 1. The summed E-state index contributed by atoms with van der Waals surface area (Å²) in [6.07, 6.45) is 2.22. The summed E-state index contributed by atoms with van der Waals surface area (Å²) in [5.74, 6) is 0.319. The molecule has 0 heterocycles. The Balaban J connectivity index is 2.66. The van der Waals surface area contributed by atoms with Crippen LogP contribution >= 0.6 is 0 Å². The molecule has 2 aromatic rings. The fourth-order valence-corrected chi connectivity index (χ4v) is 2.67. The molecule has 0 fully saturated rings. The quantitative estimate of drug-likeness (QED) is 0.800. The van der Waals surface area contributed by atoms with Crippen LogP contribution in [-0.2, 0) is 11.8 Å². The summed E-state index contributed by atoms with van der Waals surface area (Å²) in [5.41, 5.74) is 5.40. The molecule has 106 valence electrons. The molecule has 0 saturated heterocycles. The molecule has 0 radical (unpaired) electrons. The van der Waals surface area contributed by atoms with E-state index in [2.05, 4.69) is 45.9 Å². The third kappa shape index (κ3) is 3.04. The Bertz CT molecular complexity index is 574. The van der Waals surface area contributed by atoms with E-state index in [1.54, 1.807) is 12.1 Å². The Hall–Kier alpha value is -1.76. The van der Waals surface area contributed by atoms with Crippen molar-refractivity contribution in [1.82, 2.24) is 0 Å². The van der Waals surface area contributed by atoms with Crippen molar-refractivity contribution in [2.24, 2.45) is 0 Å². The minimum atomic E-state index is 0.108. The smallest absolute Gasteiger partial charge is 0.115 e. The number of benzene rings is 2. The van der Waals surface area contributed by atoms with Gasteiger partial charge in [0.15, 0.2) is 0 Å². The molecule has 0 aliphatic carbocycles. The third-order valence-corrected chi connectivity index (χ3v) is 3.63. The van der Waals surface area contributed by atoms with Gasteiger partial charge < -0.3 is 5.11 Å². The normalized spacial score (nSPS) is 11.6. The second-order valence-corrected chi connectivity index (χ2v) is 6.39. The molecule has 0 aromatic heterocycles. The lowest BCUT2D eigenvalue weighted by Gasteiger charge is -2.25. The SMILES string of the molecule is CCCc1cccc(C(C)(C)C)c1-c1ccc(O)cc1. The Labute approximate surface area is 122 Å². The topological polar surface area (TPSA) is 20.2 Å². The van der Waals surface area contributed by atoms with E-state index in [4.69, 9.17) is 0 Å². The molecule has 2 aromatic carbocycles. The maximum Gasteiger partial charge on any atom is 0.115 e. The molecule has 2 rings (SSSR count). The van der Waals surface area contributed by atoms with Crippen LogP contribution in [0.5, 0.6) is 5.75 Å². The van der Waals surface area contributed by atoms with E-state index in [1.165, 1.54) is 22.3 Å². The lowest BCUT2D eigenvalue weighted by molar-refractivity contribution is 0.475. The molecular weight excluding hydrogens is 244 g/mol. The van der Waals surface area contributed by atoms with Gasteiger partial charge in [-0.15, -0.1) is 0 Å². The summed E-state index contributed by atoms with van der Waals surface area (Å²) in [4.78, 5) is 0. The zero-order valence-corrected chi connectivity index (χ0v) is 12.9. The van der Waals surface area contributed by atoms with Gasteiger partial charge in [-0.1, -0.05) is 64.4 Å². The Morgan fingerprint density at radius 2 is 1.60 bits per heavy atom. The third-order valence-electron chi connectivity index (χ3n) is 3.63. The summed E-state index contributed by atoms with van der Waals surface area (Å²) in [6.45, 7) is 8.97. The maximum absolute atomic E-state index is 9.51. The molecule has 0 aliphatic rings. The first-order valence-electron chi connectivity index (χ1n) is 7.35. The van der Waals surface area contributed by atoms with Gasteiger partial charge in [0.25, 0.3) is 0 Å². The van der Waals surface area contributed by atoms with Crippen molar-refractivity contribution < 1.29 is 5.11 Å². The molecule has 0 saturated carbocycles. The first kappa shape index (κ1) is 14.6. The van der Waals surface area contributed by atoms with Crippen LogP contribution in [0.2, 0.25) is 0 Å². The second-order valence-electron chi connectivity index (χ2n) is 6.39. The van der Waals surface area contributed by atoms with Gasteiger partial charge in [-0.3, -0.25) is 0 Å². The highest BCUT2D eigenvalue weighted by molar-refractivity contribution is 5.73. The van der Waals surface area contributed by atoms with Gasteiger partial charge in [0.2, 0.25) is 0 Å². The molecule has 20 heavy (non-hydrogen) atoms. The fraction of sp³-hybridized carbons (Fsp3) is 0.368. The van der Waals surface area contributed by atoms with E-state index >= 15 is 0 Å². The summed E-state index contributed by atoms with van der Waals surface area (Å²) < 4.78 is 0. The Morgan fingerprint density at radius 1 is 0.950 bits per heavy atom. The van der Waals surface area contributed by atoms with Crippen molar-refractivity contribution >= 4 is 0 Å². The molecular formula is C19H24O. The van der Waals surface area contributed by atoms with Gasteiger partial charge in [0.05, 0.1) is 0 Å². The Morgan fingerprint density at radius 3 is 2.15 bits per heavy atom. The molecule has 0 bridgehead atoms. The summed E-state index contributed by atoms with van der Waals surface area (Å²) in [6, 6.07) is 14.2. The van der Waals surface area contributed by atoms with Crippen LogP contribution in [0, 0.1) is 0 Å². The van der Waals surface area contributed by atoms with E-state index in [-0.39, 0.29) is 5.41 Å². The van der Waals surface area contributed by atoms with Crippen molar-refractivity contribution in [2.45, 2.75) is 46.0 Å². The molecule has 0 unspecified atom stereocenters. The van der Waals surface area contributed by atoms with Gasteiger partial charge in [0.1, 0.15) is 5.75 Å². The molecule has 0 aliphatic heterocycles. The maximum atomic E-state index is 9.51. The molecule has 1 heteroatoms.